The van der Waals surface area contributed by atoms with Gasteiger partial charge in [0.15, 0.2) is 0 Å². The van der Waals surface area contributed by atoms with Crippen LogP contribution in [0.25, 0.3) is 5.70 Å². The summed E-state index contributed by atoms with van der Waals surface area (Å²) in [4.78, 5) is 17.6. The van der Waals surface area contributed by atoms with Gasteiger partial charge in [-0.1, -0.05) is 45.9 Å². The lowest BCUT2D eigenvalue weighted by molar-refractivity contribution is 0.0903. The van der Waals surface area contributed by atoms with Crippen LogP contribution in [0.1, 0.15) is 88.7 Å². The fourth-order valence-corrected chi connectivity index (χ4v) is 5.64. The number of nitrogens with zero attached hydrogens (tertiary/aromatic N) is 2. The molecule has 0 radical (unpaired) electrons. The van der Waals surface area contributed by atoms with E-state index in [9.17, 15) is 9.90 Å². The highest BCUT2D eigenvalue weighted by molar-refractivity contribution is 8.03. The summed E-state index contributed by atoms with van der Waals surface area (Å²) in [5.74, 6) is 1.33. The van der Waals surface area contributed by atoms with E-state index in [1.807, 2.05) is 13.0 Å². The molecule has 0 bridgehead atoms. The first-order valence-corrected chi connectivity index (χ1v) is 14.8. The summed E-state index contributed by atoms with van der Waals surface area (Å²) in [6.07, 6.45) is 10.8. The largest absolute Gasteiger partial charge is 0.389 e. The van der Waals surface area contributed by atoms with Crippen molar-refractivity contribution in [3.63, 3.8) is 0 Å². The average Bonchev–Trinajstić information content (AvgIpc) is 3.63. The smallest absolute Gasteiger partial charge is 0.251 e. The number of aryl methyl sites for hydroxylation is 1. The maximum Gasteiger partial charge on any atom is 0.251 e. The highest BCUT2D eigenvalue weighted by Crippen LogP contribution is 2.35. The maximum atomic E-state index is 12.7. The second kappa shape index (κ2) is 11.3. The van der Waals surface area contributed by atoms with Gasteiger partial charge in [0.25, 0.3) is 5.91 Å². The lowest BCUT2D eigenvalue weighted by atomic mass is 9.94. The summed E-state index contributed by atoms with van der Waals surface area (Å²) in [6.45, 7) is 14.9. The third-order valence-corrected chi connectivity index (χ3v) is 7.71. The van der Waals surface area contributed by atoms with E-state index in [1.165, 1.54) is 0 Å². The molecule has 1 aromatic carbocycles. The minimum absolute atomic E-state index is 0.0120. The Kier molecular flexibility index (Phi) is 8.48. The van der Waals surface area contributed by atoms with Crippen molar-refractivity contribution in [1.29, 1.82) is 0 Å². The standard InChI is InChI=1S/C31H44N4O2S/c1-20-8-13-26-25(32-19-31(6,7)37)18-28(38-15-14-30(3,4)5)34-35(26)27(16-20)22-9-12-24(21(2)17-22)29(36)33-23-10-11-23/h9,12-13,16-18,20,23,34,37H,8,10-11,14-15,19H2,1-7H3,(H,33,36). The Morgan fingerprint density at radius 3 is 2.58 bits per heavy atom. The number of rotatable bonds is 8. The monoisotopic (exact) mass is 536 g/mol. The van der Waals surface area contributed by atoms with Crippen LogP contribution in [0, 0.1) is 18.3 Å². The minimum Gasteiger partial charge on any atom is -0.389 e. The van der Waals surface area contributed by atoms with Crippen LogP contribution in [0.4, 0.5) is 0 Å². The average molecular weight is 537 g/mol. The van der Waals surface area contributed by atoms with Gasteiger partial charge in [0.2, 0.25) is 0 Å². The molecule has 1 aliphatic carbocycles. The third-order valence-electron chi connectivity index (χ3n) is 6.78. The van der Waals surface area contributed by atoms with E-state index >= 15 is 0 Å². The first-order chi connectivity index (χ1) is 17.8. The molecule has 6 nitrogen and oxygen atoms in total. The second-order valence-corrected chi connectivity index (χ2v) is 13.9. The number of carbonyl (C=O) groups is 1. The first kappa shape index (κ1) is 28.5. The van der Waals surface area contributed by atoms with Crippen LogP contribution in [0.15, 0.2) is 52.1 Å². The molecule has 4 rings (SSSR count). The normalized spacial score (nSPS) is 21.2. The van der Waals surface area contributed by atoms with E-state index in [-0.39, 0.29) is 11.3 Å². The Morgan fingerprint density at radius 1 is 1.21 bits per heavy atom. The number of allylic oxidation sites excluding steroid dienone is 3. The van der Waals surface area contributed by atoms with Gasteiger partial charge < -0.3 is 10.4 Å². The Hall–Kier alpha value is -2.51. The lowest BCUT2D eigenvalue weighted by Gasteiger charge is -2.35. The predicted octanol–water partition coefficient (Wildman–Crippen LogP) is 6.19. The maximum absolute atomic E-state index is 12.7. The number of amides is 1. The van der Waals surface area contributed by atoms with Crippen molar-refractivity contribution in [3.05, 3.63) is 63.8 Å². The molecule has 0 saturated heterocycles. The van der Waals surface area contributed by atoms with Crippen LogP contribution in [0.2, 0.25) is 0 Å². The number of aliphatic hydroxyl groups is 1. The Morgan fingerprint density at radius 2 is 1.95 bits per heavy atom. The van der Waals surface area contributed by atoms with E-state index in [2.05, 4.69) is 73.8 Å². The van der Waals surface area contributed by atoms with Crippen molar-refractivity contribution in [3.8, 4) is 0 Å². The number of nitrogens with one attached hydrogen (secondary N) is 2. The molecule has 3 N–H and O–H groups in total. The molecule has 1 atom stereocenters. The molecule has 7 heteroatoms. The first-order valence-electron chi connectivity index (χ1n) is 13.8. The molecule has 2 heterocycles. The number of hydrogen-bond acceptors (Lipinski definition) is 6. The summed E-state index contributed by atoms with van der Waals surface area (Å²) in [7, 11) is 0. The number of carbonyl (C=O) groups excluding carboxylic acids is 1. The summed E-state index contributed by atoms with van der Waals surface area (Å²) >= 11 is 1.80. The predicted molar refractivity (Wildman–Crippen MR) is 160 cm³/mol. The number of fused-ring (bicyclic) bond motifs is 1. The van der Waals surface area contributed by atoms with E-state index < -0.39 is 5.60 Å². The molecule has 1 fully saturated rings. The van der Waals surface area contributed by atoms with Crippen LogP contribution in [-0.2, 0) is 0 Å². The highest BCUT2D eigenvalue weighted by Gasteiger charge is 2.29. The fourth-order valence-electron chi connectivity index (χ4n) is 4.35. The van der Waals surface area contributed by atoms with Gasteiger partial charge in [-0.3, -0.25) is 20.2 Å². The number of hydrazine groups is 1. The lowest BCUT2D eigenvalue weighted by Crippen LogP contribution is -2.41. The topological polar surface area (TPSA) is 77.0 Å². The van der Waals surface area contributed by atoms with Gasteiger partial charge in [0.05, 0.1) is 34.3 Å². The zero-order chi connectivity index (χ0) is 27.7. The molecule has 2 aliphatic heterocycles. The van der Waals surface area contributed by atoms with Crippen LogP contribution >= 0.6 is 11.8 Å². The molecule has 1 aromatic rings. The minimum atomic E-state index is -0.888. The van der Waals surface area contributed by atoms with Gasteiger partial charge in [-0.05, 0) is 87.3 Å². The van der Waals surface area contributed by atoms with Crippen molar-refractivity contribution < 1.29 is 9.90 Å². The zero-order valence-corrected chi connectivity index (χ0v) is 24.8. The Bertz CT molecular complexity index is 1180. The molecule has 1 amide bonds. The van der Waals surface area contributed by atoms with Gasteiger partial charge in [0.1, 0.15) is 0 Å². The number of hydrogen-bond donors (Lipinski definition) is 3. The van der Waals surface area contributed by atoms with E-state index in [0.29, 0.717) is 18.5 Å². The molecule has 3 aliphatic rings. The zero-order valence-electron chi connectivity index (χ0n) is 24.0. The van der Waals surface area contributed by atoms with Crippen LogP contribution in [-0.4, -0.2) is 45.7 Å². The van der Waals surface area contributed by atoms with Crippen LogP contribution in [0.5, 0.6) is 0 Å². The van der Waals surface area contributed by atoms with Crippen molar-refractivity contribution in [2.75, 3.05) is 12.3 Å². The van der Waals surface area contributed by atoms with E-state index in [1.54, 1.807) is 25.6 Å². The molecule has 206 valence electrons. The van der Waals surface area contributed by atoms with Gasteiger partial charge in [0, 0.05) is 17.2 Å². The summed E-state index contributed by atoms with van der Waals surface area (Å²) in [6, 6.07) is 6.45. The molecule has 1 unspecified atom stereocenters. The molecule has 0 aromatic heterocycles. The van der Waals surface area contributed by atoms with Crippen LogP contribution in [0.3, 0.4) is 0 Å². The fraction of sp³-hybridized carbons (Fsp3) is 0.548. The number of thioether (sulfide) groups is 1. The van der Waals surface area contributed by atoms with Crippen molar-refractivity contribution in [1.82, 2.24) is 15.8 Å². The molecule has 1 saturated carbocycles. The summed E-state index contributed by atoms with van der Waals surface area (Å²) in [5, 5.41) is 16.7. The van der Waals surface area contributed by atoms with Crippen molar-refractivity contribution >= 4 is 29.1 Å². The summed E-state index contributed by atoms with van der Waals surface area (Å²) in [5.41, 5.74) is 8.72. The summed E-state index contributed by atoms with van der Waals surface area (Å²) < 4.78 is 0. The number of aliphatic imine (C=N–C) groups is 1. The van der Waals surface area contributed by atoms with E-state index in [4.69, 9.17) is 4.99 Å². The molecule has 0 spiro atoms. The second-order valence-electron chi connectivity index (χ2n) is 12.8. The SMILES string of the molecule is Cc1cc(C2=CC(C)CC=C3C(=NCC(C)(C)O)C=C(SCCC(C)(C)C)NN32)ccc1C(=O)NC1CC1. The van der Waals surface area contributed by atoms with Crippen molar-refractivity contribution in [2.24, 2.45) is 16.3 Å². The third kappa shape index (κ3) is 7.76. The van der Waals surface area contributed by atoms with Crippen molar-refractivity contribution in [2.45, 2.75) is 85.8 Å². The van der Waals surface area contributed by atoms with Gasteiger partial charge in [-0.25, -0.2) is 0 Å². The Labute approximate surface area is 232 Å². The van der Waals surface area contributed by atoms with Crippen LogP contribution < -0.4 is 10.7 Å². The molecule has 38 heavy (non-hydrogen) atoms. The number of benzene rings is 1. The molecular formula is C31H44N4O2S. The quantitative estimate of drug-likeness (QED) is 0.369. The van der Waals surface area contributed by atoms with Gasteiger partial charge in [-0.2, -0.15) is 0 Å². The highest BCUT2D eigenvalue weighted by atomic mass is 32.2. The van der Waals surface area contributed by atoms with E-state index in [0.717, 1.165) is 70.3 Å². The van der Waals surface area contributed by atoms with Gasteiger partial charge >= 0.3 is 0 Å². The Balaban J connectivity index is 1.67. The molecular weight excluding hydrogens is 492 g/mol. The van der Waals surface area contributed by atoms with Gasteiger partial charge in [-0.15, -0.1) is 11.8 Å².